The van der Waals surface area contributed by atoms with E-state index < -0.39 is 0 Å². The zero-order chi connectivity index (χ0) is 15.9. The topological polar surface area (TPSA) is 17.8 Å². The van der Waals surface area contributed by atoms with E-state index in [1.807, 2.05) is 42.6 Å². The molecule has 3 rings (SSSR count). The number of halogens is 1. The Labute approximate surface area is 146 Å². The van der Waals surface area contributed by atoms with Crippen LogP contribution in [0.15, 0.2) is 73.3 Å². The molecule has 0 N–H and O–H groups in total. The molecule has 0 fully saturated rings. The molecule has 1 heterocycles. The number of benzene rings is 2. The van der Waals surface area contributed by atoms with E-state index >= 15 is 0 Å². The van der Waals surface area contributed by atoms with Crippen LogP contribution in [-0.4, -0.2) is 15.3 Å². The van der Waals surface area contributed by atoms with Gasteiger partial charge in [0.15, 0.2) is 0 Å². The van der Waals surface area contributed by atoms with E-state index in [0.29, 0.717) is 6.04 Å². The van der Waals surface area contributed by atoms with Crippen molar-refractivity contribution >= 4 is 23.4 Å². The molecule has 0 saturated carbocycles. The molecule has 0 aliphatic carbocycles. The van der Waals surface area contributed by atoms with Crippen LogP contribution in [-0.2, 0) is 12.2 Å². The van der Waals surface area contributed by atoms with Gasteiger partial charge in [0.1, 0.15) is 0 Å². The first-order valence-electron chi connectivity index (χ1n) is 7.65. The monoisotopic (exact) mass is 342 g/mol. The minimum atomic E-state index is 0.396. The summed E-state index contributed by atoms with van der Waals surface area (Å²) in [6.45, 7) is 0. The summed E-state index contributed by atoms with van der Waals surface area (Å²) in [5, 5.41) is 0.784. The van der Waals surface area contributed by atoms with Gasteiger partial charge in [-0.3, -0.25) is 0 Å². The quantitative estimate of drug-likeness (QED) is 0.583. The van der Waals surface area contributed by atoms with Gasteiger partial charge in [-0.25, -0.2) is 4.98 Å². The summed E-state index contributed by atoms with van der Waals surface area (Å²) in [6, 6.07) is 19.1. The van der Waals surface area contributed by atoms with E-state index in [1.165, 1.54) is 11.1 Å². The Morgan fingerprint density at radius 2 is 1.78 bits per heavy atom. The first-order chi connectivity index (χ1) is 11.3. The Hall–Kier alpha value is -1.71. The molecule has 0 saturated heterocycles. The van der Waals surface area contributed by atoms with Gasteiger partial charge >= 0.3 is 0 Å². The van der Waals surface area contributed by atoms with Gasteiger partial charge in [-0.2, -0.15) is 11.8 Å². The van der Waals surface area contributed by atoms with Gasteiger partial charge in [-0.15, -0.1) is 0 Å². The van der Waals surface area contributed by atoms with E-state index in [9.17, 15) is 0 Å². The maximum atomic E-state index is 5.98. The second-order valence-corrected chi connectivity index (χ2v) is 6.96. The number of nitrogens with zero attached hydrogens (tertiary/aromatic N) is 2. The second-order valence-electron chi connectivity index (χ2n) is 5.50. The van der Waals surface area contributed by atoms with Crippen LogP contribution in [0.2, 0.25) is 5.02 Å². The number of aromatic nitrogens is 2. The zero-order valence-electron chi connectivity index (χ0n) is 12.8. The van der Waals surface area contributed by atoms with Crippen LogP contribution in [0.25, 0.3) is 0 Å². The van der Waals surface area contributed by atoms with Crippen molar-refractivity contribution in [3.63, 3.8) is 0 Å². The highest BCUT2D eigenvalue weighted by Crippen LogP contribution is 2.23. The minimum Gasteiger partial charge on any atom is -0.333 e. The van der Waals surface area contributed by atoms with Crippen molar-refractivity contribution < 1.29 is 0 Å². The minimum absolute atomic E-state index is 0.396. The predicted molar refractivity (Wildman–Crippen MR) is 99.0 cm³/mol. The molecule has 2 aromatic carbocycles. The van der Waals surface area contributed by atoms with E-state index in [-0.39, 0.29) is 0 Å². The number of rotatable bonds is 7. The molecule has 1 aromatic heterocycles. The molecule has 0 spiro atoms. The van der Waals surface area contributed by atoms with Crippen LogP contribution in [0, 0.1) is 0 Å². The number of hydrogen-bond acceptors (Lipinski definition) is 2. The van der Waals surface area contributed by atoms with Gasteiger partial charge in [0.05, 0.1) is 6.33 Å². The van der Waals surface area contributed by atoms with Crippen LogP contribution in [0.1, 0.15) is 17.2 Å². The summed E-state index contributed by atoms with van der Waals surface area (Å²) < 4.78 is 2.20. The molecule has 0 aliphatic rings. The Morgan fingerprint density at radius 1 is 1.00 bits per heavy atom. The normalized spacial score (nSPS) is 12.2. The van der Waals surface area contributed by atoms with E-state index in [4.69, 9.17) is 11.6 Å². The lowest BCUT2D eigenvalue weighted by molar-refractivity contribution is 0.553. The summed E-state index contributed by atoms with van der Waals surface area (Å²) >= 11 is 7.94. The SMILES string of the molecule is Clc1ccc(C[C@H](CSCc2ccccc2)n2ccnc2)cc1. The van der Waals surface area contributed by atoms with Crippen molar-refractivity contribution in [3.8, 4) is 0 Å². The summed E-state index contributed by atoms with van der Waals surface area (Å²) in [5.41, 5.74) is 2.67. The molecule has 0 radical (unpaired) electrons. The third-order valence-electron chi connectivity index (χ3n) is 3.75. The van der Waals surface area contributed by atoms with Crippen LogP contribution in [0.5, 0.6) is 0 Å². The molecule has 23 heavy (non-hydrogen) atoms. The summed E-state index contributed by atoms with van der Waals surface area (Å²) in [4.78, 5) is 4.20. The lowest BCUT2D eigenvalue weighted by Gasteiger charge is -2.18. The molecule has 0 bridgehead atoms. The highest BCUT2D eigenvalue weighted by molar-refractivity contribution is 7.98. The van der Waals surface area contributed by atoms with Gasteiger partial charge < -0.3 is 4.57 Å². The maximum Gasteiger partial charge on any atom is 0.0948 e. The van der Waals surface area contributed by atoms with Crippen LogP contribution in [0.3, 0.4) is 0 Å². The summed E-state index contributed by atoms with van der Waals surface area (Å²) in [6.07, 6.45) is 6.78. The van der Waals surface area contributed by atoms with Gasteiger partial charge in [-0.1, -0.05) is 54.1 Å². The molecule has 1 atom stereocenters. The molecule has 0 unspecified atom stereocenters. The second kappa shape index (κ2) is 8.23. The zero-order valence-corrected chi connectivity index (χ0v) is 14.4. The molecular formula is C19H19ClN2S. The Balaban J connectivity index is 1.63. The third kappa shape index (κ3) is 4.88. The number of imidazole rings is 1. The summed E-state index contributed by atoms with van der Waals surface area (Å²) in [7, 11) is 0. The van der Waals surface area contributed by atoms with E-state index in [1.54, 1.807) is 0 Å². The Kier molecular flexibility index (Phi) is 5.78. The first kappa shape index (κ1) is 16.2. The van der Waals surface area contributed by atoms with Crippen molar-refractivity contribution in [1.29, 1.82) is 0 Å². The highest BCUT2D eigenvalue weighted by atomic mass is 35.5. The van der Waals surface area contributed by atoms with Gasteiger partial charge in [0.2, 0.25) is 0 Å². The molecular weight excluding hydrogens is 324 g/mol. The van der Waals surface area contributed by atoms with Crippen molar-refractivity contribution in [3.05, 3.63) is 89.5 Å². The van der Waals surface area contributed by atoms with Crippen molar-refractivity contribution in [1.82, 2.24) is 9.55 Å². The smallest absolute Gasteiger partial charge is 0.0948 e. The molecule has 2 nitrogen and oxygen atoms in total. The maximum absolute atomic E-state index is 5.98. The number of thioether (sulfide) groups is 1. The standard InChI is InChI=1S/C19H19ClN2S/c20-18-8-6-16(7-9-18)12-19(22-11-10-21-15-22)14-23-13-17-4-2-1-3-5-17/h1-11,15,19H,12-14H2/t19-/m1/s1. The van der Waals surface area contributed by atoms with Crippen molar-refractivity contribution in [2.24, 2.45) is 0 Å². The van der Waals surface area contributed by atoms with Gasteiger partial charge in [-0.05, 0) is 29.7 Å². The Bertz CT molecular complexity index is 696. The number of hydrogen-bond donors (Lipinski definition) is 0. The average molecular weight is 343 g/mol. The lowest BCUT2D eigenvalue weighted by Crippen LogP contribution is -2.13. The van der Waals surface area contributed by atoms with E-state index in [2.05, 4.69) is 52.0 Å². The Morgan fingerprint density at radius 3 is 2.48 bits per heavy atom. The van der Waals surface area contributed by atoms with Gasteiger partial charge in [0.25, 0.3) is 0 Å². The predicted octanol–water partition coefficient (Wildman–Crippen LogP) is 5.25. The van der Waals surface area contributed by atoms with Crippen molar-refractivity contribution in [2.45, 2.75) is 18.2 Å². The molecule has 118 valence electrons. The highest BCUT2D eigenvalue weighted by Gasteiger charge is 2.12. The molecule has 0 aliphatic heterocycles. The summed E-state index contributed by atoms with van der Waals surface area (Å²) in [5.74, 6) is 2.08. The molecule has 0 amide bonds. The van der Waals surface area contributed by atoms with Crippen LogP contribution >= 0.6 is 23.4 Å². The van der Waals surface area contributed by atoms with Crippen LogP contribution in [0.4, 0.5) is 0 Å². The first-order valence-corrected chi connectivity index (χ1v) is 9.18. The lowest BCUT2D eigenvalue weighted by atomic mass is 10.1. The molecule has 3 aromatic rings. The van der Waals surface area contributed by atoms with Gasteiger partial charge in [0, 0.05) is 35.0 Å². The van der Waals surface area contributed by atoms with Crippen LogP contribution < -0.4 is 0 Å². The average Bonchev–Trinajstić information content (AvgIpc) is 3.11. The van der Waals surface area contributed by atoms with Crippen molar-refractivity contribution in [2.75, 3.05) is 5.75 Å². The third-order valence-corrected chi connectivity index (χ3v) is 5.16. The van der Waals surface area contributed by atoms with E-state index in [0.717, 1.165) is 22.9 Å². The molecule has 4 heteroatoms. The fourth-order valence-electron chi connectivity index (χ4n) is 2.52. The fourth-order valence-corrected chi connectivity index (χ4v) is 3.75. The fraction of sp³-hybridized carbons (Fsp3) is 0.211. The largest absolute Gasteiger partial charge is 0.333 e.